The highest BCUT2D eigenvalue weighted by molar-refractivity contribution is 5.68. The number of hydrogen-bond donors (Lipinski definition) is 1. The van der Waals surface area contributed by atoms with E-state index >= 15 is 0 Å². The van der Waals surface area contributed by atoms with E-state index in [-0.39, 0.29) is 24.5 Å². The smallest absolute Gasteiger partial charge is 0.410 e. The van der Waals surface area contributed by atoms with Gasteiger partial charge in [0, 0.05) is 51.7 Å². The Balaban J connectivity index is 1.62. The number of fused-ring (bicyclic) bond motifs is 1. The van der Waals surface area contributed by atoms with Crippen molar-refractivity contribution in [3.8, 4) is 5.75 Å². The Hall–Kier alpha value is -2.73. The van der Waals surface area contributed by atoms with E-state index in [1.54, 1.807) is 19.1 Å². The lowest BCUT2D eigenvalue weighted by Gasteiger charge is -2.46. The highest BCUT2D eigenvalue weighted by Crippen LogP contribution is 2.40. The van der Waals surface area contributed by atoms with Gasteiger partial charge in [-0.05, 0) is 38.0 Å². The Kier molecular flexibility index (Phi) is 12.4. The van der Waals surface area contributed by atoms with Gasteiger partial charge in [0.15, 0.2) is 18.2 Å². The topological polar surface area (TPSA) is 95.9 Å². The standard InChI is InChI=1S/C34H51N2O8/c1-34(2,3)44-33(38)35-21-28(23-37)32(27-13-11-26(12-14-27)24-41-20-19-40-5)31(22-35)43-25-36(15-8-17-39-4)16-18-42-30-10-7-6-9-29(30)36/h6-7,9-14,28,31-32,37H,8,15-25H2,1-5H3/q+1/t28-,31-,32-,36?/m0/s1. The number of carbonyl (C=O) groups is 1. The van der Waals surface area contributed by atoms with Gasteiger partial charge in [-0.1, -0.05) is 36.4 Å². The second kappa shape index (κ2) is 16.0. The van der Waals surface area contributed by atoms with Crippen LogP contribution in [0, 0.1) is 5.92 Å². The van der Waals surface area contributed by atoms with E-state index in [0.717, 1.165) is 42.1 Å². The van der Waals surface area contributed by atoms with Gasteiger partial charge in [0.05, 0.1) is 45.6 Å². The summed E-state index contributed by atoms with van der Waals surface area (Å²) in [5.74, 6) is 0.508. The average molecular weight is 616 g/mol. The summed E-state index contributed by atoms with van der Waals surface area (Å²) in [6, 6.07) is 16.4. The number of quaternary nitrogens is 1. The number of amides is 1. The summed E-state index contributed by atoms with van der Waals surface area (Å²) in [6.07, 6.45) is 0.0939. The van der Waals surface area contributed by atoms with Crippen LogP contribution in [0.5, 0.6) is 5.75 Å². The largest absolute Gasteiger partial charge is 0.481 e. The van der Waals surface area contributed by atoms with Gasteiger partial charge >= 0.3 is 6.09 Å². The quantitative estimate of drug-likeness (QED) is 0.244. The fourth-order valence-electron chi connectivity index (χ4n) is 6.17. The van der Waals surface area contributed by atoms with Crippen molar-refractivity contribution in [3.63, 3.8) is 0 Å². The highest BCUT2D eigenvalue weighted by Gasteiger charge is 2.44. The molecule has 2 aliphatic rings. The van der Waals surface area contributed by atoms with Crippen molar-refractivity contribution in [3.05, 3.63) is 59.7 Å². The second-order valence-corrected chi connectivity index (χ2v) is 12.7. The van der Waals surface area contributed by atoms with Crippen LogP contribution in [0.3, 0.4) is 0 Å². The molecule has 0 bridgehead atoms. The van der Waals surface area contributed by atoms with Crippen LogP contribution >= 0.6 is 0 Å². The molecular formula is C34H51N2O8+. The highest BCUT2D eigenvalue weighted by atomic mass is 16.6. The molecule has 2 aromatic rings. The molecule has 2 heterocycles. The Morgan fingerprint density at radius 2 is 1.77 bits per heavy atom. The zero-order valence-electron chi connectivity index (χ0n) is 27.0. The van der Waals surface area contributed by atoms with Crippen LogP contribution in [0.2, 0.25) is 0 Å². The van der Waals surface area contributed by atoms with E-state index in [1.807, 2.05) is 39.0 Å². The first-order valence-corrected chi connectivity index (χ1v) is 15.6. The van der Waals surface area contributed by atoms with Crippen LogP contribution in [0.1, 0.15) is 44.2 Å². The molecule has 0 aliphatic carbocycles. The van der Waals surface area contributed by atoms with Crippen molar-refractivity contribution < 1.29 is 38.3 Å². The number of aliphatic hydroxyl groups is 1. The molecule has 2 aliphatic heterocycles. The number of methoxy groups -OCH3 is 2. The maximum absolute atomic E-state index is 13.3. The molecule has 1 saturated heterocycles. The molecule has 4 rings (SSSR count). The fraction of sp³-hybridized carbons (Fsp3) is 0.618. The molecule has 10 heteroatoms. The van der Waals surface area contributed by atoms with E-state index in [1.165, 1.54) is 0 Å². The zero-order chi connectivity index (χ0) is 31.6. The van der Waals surface area contributed by atoms with Crippen LogP contribution in [0.4, 0.5) is 10.5 Å². The van der Waals surface area contributed by atoms with Crippen LogP contribution in [0.15, 0.2) is 48.5 Å². The first kappa shape index (κ1) is 34.1. The molecule has 1 fully saturated rings. The van der Waals surface area contributed by atoms with E-state index in [9.17, 15) is 9.90 Å². The number of rotatable bonds is 14. The molecule has 2 aromatic carbocycles. The first-order chi connectivity index (χ1) is 21.2. The Morgan fingerprint density at radius 3 is 2.48 bits per heavy atom. The number of hydrogen-bond acceptors (Lipinski definition) is 8. The van der Waals surface area contributed by atoms with Gasteiger partial charge in [-0.25, -0.2) is 4.79 Å². The van der Waals surface area contributed by atoms with Crippen molar-refractivity contribution in [1.29, 1.82) is 0 Å². The molecule has 4 atom stereocenters. The fourth-order valence-corrected chi connectivity index (χ4v) is 6.17. The van der Waals surface area contributed by atoms with Crippen LogP contribution < -0.4 is 9.22 Å². The number of benzene rings is 2. The van der Waals surface area contributed by atoms with Gasteiger partial charge in [-0.3, -0.25) is 4.48 Å². The lowest BCUT2D eigenvalue weighted by molar-refractivity contribution is -0.0865. The zero-order valence-corrected chi connectivity index (χ0v) is 27.0. The third kappa shape index (κ3) is 8.93. The first-order valence-electron chi connectivity index (χ1n) is 15.6. The molecule has 244 valence electrons. The minimum Gasteiger partial charge on any atom is -0.481 e. The van der Waals surface area contributed by atoms with Crippen molar-refractivity contribution in [2.24, 2.45) is 5.92 Å². The van der Waals surface area contributed by atoms with E-state index in [4.69, 9.17) is 28.4 Å². The van der Waals surface area contributed by atoms with Crippen molar-refractivity contribution >= 4 is 11.8 Å². The summed E-state index contributed by atoms with van der Waals surface area (Å²) in [5, 5.41) is 10.6. The third-order valence-corrected chi connectivity index (χ3v) is 8.34. The number of aliphatic hydroxyl groups excluding tert-OH is 1. The van der Waals surface area contributed by atoms with Gasteiger partial charge in [0.1, 0.15) is 18.8 Å². The van der Waals surface area contributed by atoms with Gasteiger partial charge in [0.25, 0.3) is 0 Å². The Bertz CT molecular complexity index is 1170. The summed E-state index contributed by atoms with van der Waals surface area (Å²) in [5.41, 5.74) is 2.57. The monoisotopic (exact) mass is 615 g/mol. The summed E-state index contributed by atoms with van der Waals surface area (Å²) >= 11 is 0. The number of nitrogens with zero attached hydrogens (tertiary/aromatic N) is 2. The van der Waals surface area contributed by atoms with Crippen LogP contribution in [-0.2, 0) is 30.3 Å². The maximum atomic E-state index is 13.3. The van der Waals surface area contributed by atoms with Crippen molar-refractivity contribution in [1.82, 2.24) is 9.38 Å². The van der Waals surface area contributed by atoms with Gasteiger partial charge < -0.3 is 38.4 Å². The number of likely N-dealkylation sites (tertiary alicyclic amines) is 1. The molecular weight excluding hydrogens is 564 g/mol. The summed E-state index contributed by atoms with van der Waals surface area (Å²) in [7, 11) is 3.38. The molecule has 44 heavy (non-hydrogen) atoms. The second-order valence-electron chi connectivity index (χ2n) is 12.7. The minimum absolute atomic E-state index is 0.0871. The lowest BCUT2D eigenvalue weighted by atomic mass is 9.78. The van der Waals surface area contributed by atoms with Gasteiger partial charge in [-0.15, -0.1) is 0 Å². The minimum atomic E-state index is -0.631. The van der Waals surface area contributed by atoms with Gasteiger partial charge in [0.2, 0.25) is 0 Å². The van der Waals surface area contributed by atoms with E-state index in [0.29, 0.717) is 57.3 Å². The van der Waals surface area contributed by atoms with Crippen molar-refractivity contribution in [2.75, 3.05) is 80.2 Å². The van der Waals surface area contributed by atoms with E-state index < -0.39 is 11.7 Å². The molecule has 10 nitrogen and oxygen atoms in total. The summed E-state index contributed by atoms with van der Waals surface area (Å²) in [4.78, 5) is 15.0. The average Bonchev–Trinajstić information content (AvgIpc) is 3.01. The third-order valence-electron chi connectivity index (χ3n) is 8.34. The summed E-state index contributed by atoms with van der Waals surface area (Å²) in [6.45, 7) is 11.0. The van der Waals surface area contributed by atoms with E-state index in [2.05, 4.69) is 30.3 Å². The predicted octanol–water partition coefficient (Wildman–Crippen LogP) is 4.57. The van der Waals surface area contributed by atoms with Crippen molar-refractivity contribution in [2.45, 2.75) is 51.4 Å². The lowest BCUT2D eigenvalue weighted by Crippen LogP contribution is -2.59. The molecule has 0 radical (unpaired) electrons. The predicted molar refractivity (Wildman–Crippen MR) is 169 cm³/mol. The molecule has 0 saturated carbocycles. The molecule has 1 amide bonds. The number of carbonyl (C=O) groups excluding carboxylic acids is 1. The maximum Gasteiger partial charge on any atom is 0.410 e. The van der Waals surface area contributed by atoms with Crippen LogP contribution in [-0.4, -0.2) is 108 Å². The molecule has 0 spiro atoms. The Morgan fingerprint density at radius 1 is 1.02 bits per heavy atom. The van der Waals surface area contributed by atoms with Gasteiger partial charge in [-0.2, -0.15) is 0 Å². The number of ether oxygens (including phenoxy) is 6. The Labute approximate surface area is 262 Å². The molecule has 1 N–H and O–H groups in total. The normalized spacial score (nSPS) is 23.6. The van der Waals surface area contributed by atoms with Crippen LogP contribution in [0.25, 0.3) is 0 Å². The molecule has 1 unspecified atom stereocenters. The number of piperidine rings is 1. The number of para-hydroxylation sites is 2. The SMILES string of the molecule is COCCC[N+]1(CO[C@H]2CN(C(=O)OC(C)(C)C)C[C@@H](CO)[C@@H]2c2ccc(COCCOC)cc2)CCOc2ccccc21. The molecule has 0 aromatic heterocycles. The summed E-state index contributed by atoms with van der Waals surface area (Å²) < 4.78 is 35.5.